The Morgan fingerprint density at radius 2 is 1.89 bits per heavy atom. The number of nitrogens with two attached hydrogens (primary N) is 1. The van der Waals surface area contributed by atoms with Gasteiger partial charge in [-0.3, -0.25) is 4.79 Å². The number of nitrogens with zero attached hydrogens (tertiary/aromatic N) is 1. The minimum Gasteiger partial charge on any atom is -0.398 e. The number of carbonyl (C=O) groups excluding carboxylic acids is 1. The molecule has 0 aromatic heterocycles. The number of piperazine rings is 1. The molecule has 6 nitrogen and oxygen atoms in total. The Labute approximate surface area is 112 Å². The van der Waals surface area contributed by atoms with Crippen molar-refractivity contribution < 1.29 is 13.2 Å². The van der Waals surface area contributed by atoms with Gasteiger partial charge in [-0.15, -0.1) is 0 Å². The summed E-state index contributed by atoms with van der Waals surface area (Å²) in [7, 11) is -3.72. The van der Waals surface area contributed by atoms with Gasteiger partial charge in [-0.2, -0.15) is 4.31 Å². The van der Waals surface area contributed by atoms with Gasteiger partial charge in [0.25, 0.3) is 0 Å². The Bertz CT molecular complexity index is 625. The van der Waals surface area contributed by atoms with Crippen LogP contribution in [-0.2, 0) is 14.8 Å². The van der Waals surface area contributed by atoms with Gasteiger partial charge in [-0.25, -0.2) is 8.42 Å². The monoisotopic (exact) mass is 283 g/mol. The molecular weight excluding hydrogens is 266 g/mol. The Morgan fingerprint density at radius 3 is 2.53 bits per heavy atom. The third-order valence-electron chi connectivity index (χ3n) is 3.25. The van der Waals surface area contributed by atoms with Crippen LogP contribution in [0.2, 0.25) is 0 Å². The first kappa shape index (κ1) is 13.8. The van der Waals surface area contributed by atoms with E-state index >= 15 is 0 Å². The standard InChI is InChI=1S/C12H17N3O3S/c1-8-5-10(13)11(6-9(8)2)19(17,18)15-4-3-14-12(16)7-15/h5-6H,3-4,7,13H2,1-2H3,(H,14,16). The van der Waals surface area contributed by atoms with E-state index in [0.717, 1.165) is 15.4 Å². The molecule has 3 N–H and O–H groups in total. The summed E-state index contributed by atoms with van der Waals surface area (Å²) in [6, 6.07) is 3.21. The molecule has 0 spiro atoms. The minimum absolute atomic E-state index is 0.0744. The molecule has 1 heterocycles. The normalized spacial score (nSPS) is 17.3. The number of hydrogen-bond acceptors (Lipinski definition) is 4. The zero-order chi connectivity index (χ0) is 14.2. The molecule has 1 aromatic carbocycles. The van der Waals surface area contributed by atoms with Crippen molar-refractivity contribution in [2.45, 2.75) is 18.7 Å². The van der Waals surface area contributed by atoms with E-state index in [1.807, 2.05) is 13.8 Å². The van der Waals surface area contributed by atoms with E-state index in [-0.39, 0.29) is 29.6 Å². The molecule has 1 fully saturated rings. The van der Waals surface area contributed by atoms with Crippen LogP contribution in [-0.4, -0.2) is 38.3 Å². The van der Waals surface area contributed by atoms with Crippen molar-refractivity contribution in [3.63, 3.8) is 0 Å². The number of hydrogen-bond donors (Lipinski definition) is 2. The van der Waals surface area contributed by atoms with Crippen molar-refractivity contribution in [2.75, 3.05) is 25.4 Å². The highest BCUT2D eigenvalue weighted by Crippen LogP contribution is 2.26. The molecule has 2 rings (SSSR count). The Balaban J connectivity index is 2.44. The summed E-state index contributed by atoms with van der Waals surface area (Å²) in [6.45, 7) is 4.13. The molecule has 0 saturated carbocycles. The predicted molar refractivity (Wildman–Crippen MR) is 72.1 cm³/mol. The van der Waals surface area contributed by atoms with Gasteiger partial charge in [0.15, 0.2) is 0 Å². The van der Waals surface area contributed by atoms with E-state index in [1.54, 1.807) is 12.1 Å². The first-order valence-corrected chi connectivity index (χ1v) is 7.40. The summed E-state index contributed by atoms with van der Waals surface area (Å²) in [6.07, 6.45) is 0. The average Bonchev–Trinajstić information content (AvgIpc) is 2.33. The van der Waals surface area contributed by atoms with E-state index in [4.69, 9.17) is 5.73 Å². The molecule has 0 radical (unpaired) electrons. The molecule has 1 aromatic rings. The number of anilines is 1. The minimum atomic E-state index is -3.72. The van der Waals surface area contributed by atoms with Gasteiger partial charge in [0.1, 0.15) is 4.90 Å². The Hall–Kier alpha value is -1.60. The number of carbonyl (C=O) groups is 1. The molecule has 1 amide bonds. The molecule has 0 atom stereocenters. The number of benzene rings is 1. The lowest BCUT2D eigenvalue weighted by atomic mass is 10.1. The van der Waals surface area contributed by atoms with Crippen molar-refractivity contribution in [1.82, 2.24) is 9.62 Å². The van der Waals surface area contributed by atoms with Gasteiger partial charge in [0.2, 0.25) is 15.9 Å². The summed E-state index contributed by atoms with van der Waals surface area (Å²) < 4.78 is 26.1. The maximum absolute atomic E-state index is 12.5. The van der Waals surface area contributed by atoms with Crippen LogP contribution in [0.1, 0.15) is 11.1 Å². The van der Waals surface area contributed by atoms with Gasteiger partial charge in [0.05, 0.1) is 12.2 Å². The second-order valence-electron chi connectivity index (χ2n) is 4.66. The van der Waals surface area contributed by atoms with E-state index in [9.17, 15) is 13.2 Å². The molecular formula is C12H17N3O3S. The van der Waals surface area contributed by atoms with Gasteiger partial charge < -0.3 is 11.1 Å². The number of aryl methyl sites for hydroxylation is 2. The Kier molecular flexibility index (Phi) is 3.51. The van der Waals surface area contributed by atoms with Crippen LogP contribution in [0.3, 0.4) is 0 Å². The molecule has 0 aliphatic carbocycles. The van der Waals surface area contributed by atoms with Crippen LogP contribution in [0, 0.1) is 13.8 Å². The number of sulfonamides is 1. The highest BCUT2D eigenvalue weighted by Gasteiger charge is 2.30. The van der Waals surface area contributed by atoms with Gasteiger partial charge in [0, 0.05) is 13.1 Å². The molecule has 7 heteroatoms. The van der Waals surface area contributed by atoms with Crippen LogP contribution in [0.15, 0.2) is 17.0 Å². The molecule has 19 heavy (non-hydrogen) atoms. The van der Waals surface area contributed by atoms with Gasteiger partial charge in [-0.1, -0.05) is 0 Å². The fourth-order valence-corrected chi connectivity index (χ4v) is 3.57. The third kappa shape index (κ3) is 2.57. The van der Waals surface area contributed by atoms with Gasteiger partial charge in [-0.05, 0) is 37.1 Å². The van der Waals surface area contributed by atoms with Gasteiger partial charge >= 0.3 is 0 Å². The lowest BCUT2D eigenvalue weighted by Crippen LogP contribution is -2.49. The van der Waals surface area contributed by atoms with Crippen molar-refractivity contribution >= 4 is 21.6 Å². The van der Waals surface area contributed by atoms with Crippen LogP contribution in [0.5, 0.6) is 0 Å². The molecule has 0 unspecified atom stereocenters. The molecule has 1 aliphatic rings. The topological polar surface area (TPSA) is 92.5 Å². The Morgan fingerprint density at radius 1 is 1.26 bits per heavy atom. The lowest BCUT2D eigenvalue weighted by Gasteiger charge is -2.26. The quantitative estimate of drug-likeness (QED) is 0.748. The second-order valence-corrected chi connectivity index (χ2v) is 6.57. The van der Waals surface area contributed by atoms with Crippen molar-refractivity contribution in [3.8, 4) is 0 Å². The van der Waals surface area contributed by atoms with Crippen molar-refractivity contribution in [3.05, 3.63) is 23.3 Å². The van der Waals surface area contributed by atoms with Crippen LogP contribution < -0.4 is 11.1 Å². The molecule has 1 saturated heterocycles. The predicted octanol–water partition coefficient (Wildman–Crippen LogP) is 0.00614. The summed E-state index contributed by atoms with van der Waals surface area (Å²) in [5.74, 6) is -0.294. The summed E-state index contributed by atoms with van der Waals surface area (Å²) >= 11 is 0. The van der Waals surface area contributed by atoms with E-state index in [2.05, 4.69) is 5.32 Å². The molecule has 104 valence electrons. The molecule has 1 aliphatic heterocycles. The summed E-state index contributed by atoms with van der Waals surface area (Å²) in [5.41, 5.74) is 7.82. The first-order chi connectivity index (χ1) is 8.82. The summed E-state index contributed by atoms with van der Waals surface area (Å²) in [5, 5.41) is 2.59. The first-order valence-electron chi connectivity index (χ1n) is 5.96. The lowest BCUT2D eigenvalue weighted by molar-refractivity contribution is -0.122. The maximum atomic E-state index is 12.5. The van der Waals surface area contributed by atoms with Crippen LogP contribution in [0.4, 0.5) is 5.69 Å². The highest BCUT2D eigenvalue weighted by atomic mass is 32.2. The fraction of sp³-hybridized carbons (Fsp3) is 0.417. The summed E-state index contributed by atoms with van der Waals surface area (Å²) in [4.78, 5) is 11.4. The van der Waals surface area contributed by atoms with Crippen LogP contribution >= 0.6 is 0 Å². The van der Waals surface area contributed by atoms with Crippen molar-refractivity contribution in [1.29, 1.82) is 0 Å². The smallest absolute Gasteiger partial charge is 0.245 e. The number of amides is 1. The maximum Gasteiger partial charge on any atom is 0.245 e. The SMILES string of the molecule is Cc1cc(N)c(S(=O)(=O)N2CCNC(=O)C2)cc1C. The van der Waals surface area contributed by atoms with Crippen LogP contribution in [0.25, 0.3) is 0 Å². The van der Waals surface area contributed by atoms with E-state index in [0.29, 0.717) is 6.54 Å². The van der Waals surface area contributed by atoms with E-state index < -0.39 is 10.0 Å². The number of nitrogen functional groups attached to an aromatic ring is 1. The largest absolute Gasteiger partial charge is 0.398 e. The highest BCUT2D eigenvalue weighted by molar-refractivity contribution is 7.89. The molecule has 0 bridgehead atoms. The van der Waals surface area contributed by atoms with E-state index in [1.165, 1.54) is 0 Å². The number of nitrogens with one attached hydrogen (secondary N) is 1. The second kappa shape index (κ2) is 4.82. The fourth-order valence-electron chi connectivity index (χ4n) is 1.99. The average molecular weight is 283 g/mol. The zero-order valence-electron chi connectivity index (χ0n) is 10.9. The van der Waals surface area contributed by atoms with Crippen molar-refractivity contribution in [2.24, 2.45) is 0 Å². The number of rotatable bonds is 2. The third-order valence-corrected chi connectivity index (χ3v) is 5.15. The zero-order valence-corrected chi connectivity index (χ0v) is 11.8.